The van der Waals surface area contributed by atoms with Gasteiger partial charge in [0.2, 0.25) is 0 Å². The molecule has 0 bridgehead atoms. The molecular weight excluding hydrogens is 302 g/mol. The Hall–Kier alpha value is -2.56. The van der Waals surface area contributed by atoms with Gasteiger partial charge in [-0.25, -0.2) is 4.98 Å². The van der Waals surface area contributed by atoms with E-state index in [1.165, 1.54) is 5.56 Å². The van der Waals surface area contributed by atoms with Gasteiger partial charge in [-0.1, -0.05) is 18.2 Å². The quantitative estimate of drug-likeness (QED) is 0.938. The number of hydrogen-bond donors (Lipinski definition) is 1. The summed E-state index contributed by atoms with van der Waals surface area (Å²) in [6.45, 7) is 1.34. The first-order valence-electron chi connectivity index (χ1n) is 8.26. The number of amides is 1. The van der Waals surface area contributed by atoms with E-state index >= 15 is 0 Å². The summed E-state index contributed by atoms with van der Waals surface area (Å²) >= 11 is 0. The molecule has 0 fully saturated rings. The minimum Gasteiger partial charge on any atom is -0.493 e. The fourth-order valence-electron chi connectivity index (χ4n) is 2.86. The first-order chi connectivity index (χ1) is 11.6. The highest BCUT2D eigenvalue weighted by atomic mass is 16.5. The van der Waals surface area contributed by atoms with Crippen LogP contribution in [0.4, 0.5) is 5.82 Å². The minimum absolute atomic E-state index is 0.0775. The molecule has 1 aliphatic heterocycles. The summed E-state index contributed by atoms with van der Waals surface area (Å²) in [5, 5.41) is 3.03. The van der Waals surface area contributed by atoms with Gasteiger partial charge in [0.1, 0.15) is 11.6 Å². The Bertz CT molecular complexity index is 698. The Kier molecular flexibility index (Phi) is 4.99. The molecule has 0 radical (unpaired) electrons. The number of aromatic nitrogens is 1. The van der Waals surface area contributed by atoms with Crippen LogP contribution in [0.1, 0.15) is 22.3 Å². The minimum atomic E-state index is -0.0775. The van der Waals surface area contributed by atoms with Gasteiger partial charge >= 0.3 is 0 Å². The van der Waals surface area contributed by atoms with Crippen molar-refractivity contribution in [3.05, 3.63) is 53.7 Å². The smallest absolute Gasteiger partial charge is 0.252 e. The maximum absolute atomic E-state index is 12.3. The summed E-state index contributed by atoms with van der Waals surface area (Å²) in [5.74, 6) is 2.11. The van der Waals surface area contributed by atoms with E-state index in [1.807, 2.05) is 49.3 Å². The van der Waals surface area contributed by atoms with E-state index in [1.54, 1.807) is 6.20 Å². The molecular formula is C19H23N3O2. The molecule has 1 amide bonds. The summed E-state index contributed by atoms with van der Waals surface area (Å²) in [6.07, 6.45) is 3.48. The number of benzene rings is 1. The molecule has 1 N–H and O–H groups in total. The third-order valence-electron chi connectivity index (χ3n) is 4.28. The van der Waals surface area contributed by atoms with Crippen LogP contribution in [-0.4, -0.2) is 38.1 Å². The van der Waals surface area contributed by atoms with E-state index in [0.29, 0.717) is 24.6 Å². The van der Waals surface area contributed by atoms with Gasteiger partial charge < -0.3 is 15.0 Å². The average molecular weight is 325 g/mol. The Labute approximate surface area is 142 Å². The second-order valence-corrected chi connectivity index (χ2v) is 6.32. The lowest BCUT2D eigenvalue weighted by atomic mass is 9.97. The molecule has 1 aromatic carbocycles. The fourth-order valence-corrected chi connectivity index (χ4v) is 2.86. The number of para-hydroxylation sites is 1. The van der Waals surface area contributed by atoms with Gasteiger partial charge in [0, 0.05) is 26.8 Å². The molecule has 2 aromatic rings. The number of nitrogens with one attached hydrogen (secondary N) is 1. The summed E-state index contributed by atoms with van der Waals surface area (Å²) in [6, 6.07) is 11.8. The molecule has 0 saturated heterocycles. The maximum Gasteiger partial charge on any atom is 0.252 e. The summed E-state index contributed by atoms with van der Waals surface area (Å²) in [5.41, 5.74) is 1.80. The first kappa shape index (κ1) is 16.3. The van der Waals surface area contributed by atoms with E-state index in [2.05, 4.69) is 16.4 Å². The molecule has 0 unspecified atom stereocenters. The molecule has 5 nitrogen and oxygen atoms in total. The van der Waals surface area contributed by atoms with Gasteiger partial charge in [-0.3, -0.25) is 4.79 Å². The second kappa shape index (κ2) is 7.34. The second-order valence-electron chi connectivity index (χ2n) is 6.32. The molecule has 126 valence electrons. The molecule has 0 spiro atoms. The van der Waals surface area contributed by atoms with Crippen LogP contribution in [0.5, 0.6) is 5.75 Å². The van der Waals surface area contributed by atoms with Crippen molar-refractivity contribution in [2.75, 3.05) is 32.1 Å². The highest BCUT2D eigenvalue weighted by Gasteiger charge is 2.18. The molecule has 1 atom stereocenters. The normalized spacial score (nSPS) is 16.5. The number of carbonyl (C=O) groups is 1. The summed E-state index contributed by atoms with van der Waals surface area (Å²) < 4.78 is 5.78. The van der Waals surface area contributed by atoms with E-state index in [4.69, 9.17) is 4.74 Å². The maximum atomic E-state index is 12.3. The average Bonchev–Trinajstić information content (AvgIpc) is 2.81. The van der Waals surface area contributed by atoms with Crippen molar-refractivity contribution in [2.24, 2.45) is 5.92 Å². The van der Waals surface area contributed by atoms with Crippen molar-refractivity contribution in [2.45, 2.75) is 12.8 Å². The van der Waals surface area contributed by atoms with Crippen LogP contribution in [0.2, 0.25) is 0 Å². The topological polar surface area (TPSA) is 54.5 Å². The lowest BCUT2D eigenvalue weighted by Crippen LogP contribution is -2.30. The SMILES string of the molecule is CN(C)c1ccc(C(=O)NC[C@H]2CCOc3ccccc3C2)cn1. The Morgan fingerprint density at radius 1 is 1.29 bits per heavy atom. The third kappa shape index (κ3) is 3.85. The van der Waals surface area contributed by atoms with E-state index < -0.39 is 0 Å². The highest BCUT2D eigenvalue weighted by molar-refractivity contribution is 5.94. The van der Waals surface area contributed by atoms with Crippen molar-refractivity contribution in [1.82, 2.24) is 10.3 Å². The van der Waals surface area contributed by atoms with Crippen molar-refractivity contribution in [3.63, 3.8) is 0 Å². The van der Waals surface area contributed by atoms with Crippen LogP contribution in [-0.2, 0) is 6.42 Å². The Balaban J connectivity index is 1.58. The van der Waals surface area contributed by atoms with Crippen molar-refractivity contribution >= 4 is 11.7 Å². The van der Waals surface area contributed by atoms with Gasteiger partial charge in [0.25, 0.3) is 5.91 Å². The van der Waals surface area contributed by atoms with Gasteiger partial charge in [0.05, 0.1) is 12.2 Å². The third-order valence-corrected chi connectivity index (χ3v) is 4.28. The molecule has 3 rings (SSSR count). The first-order valence-corrected chi connectivity index (χ1v) is 8.26. The van der Waals surface area contributed by atoms with Crippen LogP contribution in [0.15, 0.2) is 42.6 Å². The Morgan fingerprint density at radius 2 is 2.12 bits per heavy atom. The summed E-state index contributed by atoms with van der Waals surface area (Å²) in [7, 11) is 3.85. The van der Waals surface area contributed by atoms with Crippen LogP contribution in [0, 0.1) is 5.92 Å². The number of pyridine rings is 1. The number of nitrogens with zero attached hydrogens (tertiary/aromatic N) is 2. The number of carbonyl (C=O) groups excluding carboxylic acids is 1. The lowest BCUT2D eigenvalue weighted by Gasteiger charge is -2.15. The number of hydrogen-bond acceptors (Lipinski definition) is 4. The molecule has 0 aliphatic carbocycles. The molecule has 1 aliphatic rings. The van der Waals surface area contributed by atoms with Crippen LogP contribution >= 0.6 is 0 Å². The van der Waals surface area contributed by atoms with Crippen molar-refractivity contribution < 1.29 is 9.53 Å². The van der Waals surface area contributed by atoms with Crippen molar-refractivity contribution in [3.8, 4) is 5.75 Å². The lowest BCUT2D eigenvalue weighted by molar-refractivity contribution is 0.0945. The van der Waals surface area contributed by atoms with E-state index in [0.717, 1.165) is 24.4 Å². The zero-order valence-electron chi connectivity index (χ0n) is 14.2. The van der Waals surface area contributed by atoms with Crippen LogP contribution in [0.3, 0.4) is 0 Å². The molecule has 0 saturated carbocycles. The van der Waals surface area contributed by atoms with E-state index in [-0.39, 0.29) is 5.91 Å². The zero-order valence-corrected chi connectivity index (χ0v) is 14.2. The molecule has 1 aromatic heterocycles. The van der Waals surface area contributed by atoms with Gasteiger partial charge in [-0.2, -0.15) is 0 Å². The zero-order chi connectivity index (χ0) is 16.9. The van der Waals surface area contributed by atoms with Crippen LogP contribution < -0.4 is 15.0 Å². The predicted molar refractivity (Wildman–Crippen MR) is 94.6 cm³/mol. The van der Waals surface area contributed by atoms with Crippen LogP contribution in [0.25, 0.3) is 0 Å². The van der Waals surface area contributed by atoms with Crippen molar-refractivity contribution in [1.29, 1.82) is 0 Å². The standard InChI is InChI=1S/C19H23N3O2/c1-22(2)18-8-7-16(13-20-18)19(23)21-12-14-9-10-24-17-6-4-3-5-15(17)11-14/h3-8,13-14H,9-12H2,1-2H3,(H,21,23)/t14-/m0/s1. The summed E-state index contributed by atoms with van der Waals surface area (Å²) in [4.78, 5) is 18.5. The Morgan fingerprint density at radius 3 is 2.88 bits per heavy atom. The number of ether oxygens (including phenoxy) is 1. The largest absolute Gasteiger partial charge is 0.493 e. The molecule has 24 heavy (non-hydrogen) atoms. The number of rotatable bonds is 4. The monoisotopic (exact) mass is 325 g/mol. The molecule has 5 heteroatoms. The predicted octanol–water partition coefficient (Wildman–Crippen LogP) is 2.52. The fraction of sp³-hybridized carbons (Fsp3) is 0.368. The van der Waals surface area contributed by atoms with Gasteiger partial charge in [-0.15, -0.1) is 0 Å². The number of anilines is 1. The number of fused-ring (bicyclic) bond motifs is 1. The van der Waals surface area contributed by atoms with E-state index in [9.17, 15) is 4.79 Å². The highest BCUT2D eigenvalue weighted by Crippen LogP contribution is 2.26. The molecule has 2 heterocycles. The van der Waals surface area contributed by atoms with Gasteiger partial charge in [-0.05, 0) is 42.5 Å². The van der Waals surface area contributed by atoms with Gasteiger partial charge in [0.15, 0.2) is 0 Å².